The molecule has 6 nitrogen and oxygen atoms in total. The molecule has 1 aromatic rings. The van der Waals surface area contributed by atoms with Crippen molar-refractivity contribution in [2.45, 2.75) is 45.1 Å². The van der Waals surface area contributed by atoms with Gasteiger partial charge in [-0.15, -0.1) is 0 Å². The third-order valence-electron chi connectivity index (χ3n) is 3.28. The number of aryl methyl sites for hydroxylation is 2. The molecule has 0 aromatic heterocycles. The molecule has 1 atom stereocenters. The molecular formula is C15H23NO5S. The van der Waals surface area contributed by atoms with E-state index < -0.39 is 22.0 Å². The lowest BCUT2D eigenvalue weighted by Gasteiger charge is -2.18. The third-order valence-corrected chi connectivity index (χ3v) is 4.90. The number of carboxylic acid groups (broad SMARTS) is 1. The zero-order valence-corrected chi connectivity index (χ0v) is 14.3. The second-order valence-electron chi connectivity index (χ2n) is 5.73. The summed E-state index contributed by atoms with van der Waals surface area (Å²) in [5.74, 6) is -0.531. The molecule has 0 saturated heterocycles. The van der Waals surface area contributed by atoms with Crippen molar-refractivity contribution in [3.8, 4) is 5.75 Å². The van der Waals surface area contributed by atoms with Crippen LogP contribution in [0.4, 0.5) is 0 Å². The van der Waals surface area contributed by atoms with Gasteiger partial charge in [0.2, 0.25) is 10.0 Å². The van der Waals surface area contributed by atoms with E-state index in [1.54, 1.807) is 19.9 Å². The number of methoxy groups -OCH3 is 1. The highest BCUT2D eigenvalue weighted by atomic mass is 32.2. The lowest BCUT2D eigenvalue weighted by atomic mass is 10.1. The van der Waals surface area contributed by atoms with Crippen LogP contribution in [0.25, 0.3) is 0 Å². The van der Waals surface area contributed by atoms with Crippen LogP contribution in [0.1, 0.15) is 31.4 Å². The van der Waals surface area contributed by atoms with E-state index in [9.17, 15) is 18.3 Å². The van der Waals surface area contributed by atoms with Crippen LogP contribution < -0.4 is 9.46 Å². The topological polar surface area (TPSA) is 92.7 Å². The van der Waals surface area contributed by atoms with Gasteiger partial charge in [0.1, 0.15) is 11.8 Å². The maximum atomic E-state index is 12.5. The van der Waals surface area contributed by atoms with Crippen molar-refractivity contribution in [2.24, 2.45) is 5.92 Å². The Morgan fingerprint density at radius 2 is 1.86 bits per heavy atom. The Morgan fingerprint density at radius 3 is 2.32 bits per heavy atom. The number of nitrogens with one attached hydrogen (secondary N) is 1. The maximum Gasteiger partial charge on any atom is 0.321 e. The summed E-state index contributed by atoms with van der Waals surface area (Å²) < 4.78 is 32.4. The molecule has 0 heterocycles. The molecule has 0 radical (unpaired) electrons. The Labute approximate surface area is 131 Å². The zero-order chi connectivity index (χ0) is 17.1. The predicted octanol–water partition coefficient (Wildman–Crippen LogP) is 2.09. The van der Waals surface area contributed by atoms with Gasteiger partial charge in [0, 0.05) is 0 Å². The van der Waals surface area contributed by atoms with Gasteiger partial charge in [0.05, 0.1) is 12.0 Å². The van der Waals surface area contributed by atoms with Crippen LogP contribution in [-0.4, -0.2) is 32.6 Å². The first kappa shape index (κ1) is 18.4. The molecule has 124 valence electrons. The lowest BCUT2D eigenvalue weighted by molar-refractivity contribution is -0.139. The van der Waals surface area contributed by atoms with Gasteiger partial charge in [-0.05, 0) is 49.4 Å². The van der Waals surface area contributed by atoms with Crippen molar-refractivity contribution in [2.75, 3.05) is 7.11 Å². The van der Waals surface area contributed by atoms with Crippen LogP contribution in [0.2, 0.25) is 0 Å². The van der Waals surface area contributed by atoms with Gasteiger partial charge in [-0.25, -0.2) is 8.42 Å². The van der Waals surface area contributed by atoms with Gasteiger partial charge in [-0.2, -0.15) is 4.72 Å². The van der Waals surface area contributed by atoms with Gasteiger partial charge in [-0.1, -0.05) is 13.8 Å². The van der Waals surface area contributed by atoms with E-state index in [2.05, 4.69) is 4.72 Å². The highest BCUT2D eigenvalue weighted by Gasteiger charge is 2.27. The molecule has 1 rings (SSSR count). The van der Waals surface area contributed by atoms with E-state index in [0.717, 1.165) is 0 Å². The molecule has 2 N–H and O–H groups in total. The van der Waals surface area contributed by atoms with E-state index in [0.29, 0.717) is 16.9 Å². The highest BCUT2D eigenvalue weighted by Crippen LogP contribution is 2.26. The monoisotopic (exact) mass is 329 g/mol. The van der Waals surface area contributed by atoms with Crippen LogP contribution in [0.5, 0.6) is 5.75 Å². The number of carbonyl (C=O) groups is 1. The predicted molar refractivity (Wildman–Crippen MR) is 83.7 cm³/mol. The van der Waals surface area contributed by atoms with Crippen molar-refractivity contribution in [3.05, 3.63) is 23.3 Å². The van der Waals surface area contributed by atoms with Crippen molar-refractivity contribution in [1.82, 2.24) is 4.72 Å². The number of hydrogen-bond acceptors (Lipinski definition) is 4. The van der Waals surface area contributed by atoms with Crippen LogP contribution in [-0.2, 0) is 14.8 Å². The van der Waals surface area contributed by atoms with Crippen molar-refractivity contribution < 1.29 is 23.1 Å². The number of sulfonamides is 1. The summed E-state index contributed by atoms with van der Waals surface area (Å²) in [7, 11) is -2.40. The molecule has 7 heteroatoms. The quantitative estimate of drug-likeness (QED) is 0.799. The number of hydrogen-bond donors (Lipinski definition) is 2. The minimum Gasteiger partial charge on any atom is -0.496 e. The van der Waals surface area contributed by atoms with Crippen molar-refractivity contribution in [1.29, 1.82) is 0 Å². The normalized spacial score (nSPS) is 13.2. The molecule has 22 heavy (non-hydrogen) atoms. The van der Waals surface area contributed by atoms with Gasteiger partial charge in [0.25, 0.3) is 0 Å². The first-order chi connectivity index (χ1) is 10.1. The summed E-state index contributed by atoms with van der Waals surface area (Å²) in [6.45, 7) is 7.06. The Morgan fingerprint density at radius 1 is 1.27 bits per heavy atom. The molecule has 0 bridgehead atoms. The Hall–Kier alpha value is -1.60. The average molecular weight is 329 g/mol. The molecule has 0 aliphatic heterocycles. The van der Waals surface area contributed by atoms with Gasteiger partial charge >= 0.3 is 5.97 Å². The number of ether oxygens (including phenoxy) is 1. The number of carboxylic acids is 1. The Kier molecular flexibility index (Phi) is 5.96. The van der Waals surface area contributed by atoms with Crippen LogP contribution in [0.15, 0.2) is 17.0 Å². The zero-order valence-electron chi connectivity index (χ0n) is 13.5. The minimum absolute atomic E-state index is 0.0579. The first-order valence-electron chi connectivity index (χ1n) is 6.98. The largest absolute Gasteiger partial charge is 0.496 e. The molecular weight excluding hydrogens is 306 g/mol. The Balaban J connectivity index is 3.18. The molecule has 0 spiro atoms. The van der Waals surface area contributed by atoms with Crippen LogP contribution in [0.3, 0.4) is 0 Å². The minimum atomic E-state index is -3.91. The average Bonchev–Trinajstić information content (AvgIpc) is 2.39. The van der Waals surface area contributed by atoms with Gasteiger partial charge < -0.3 is 9.84 Å². The molecule has 0 aliphatic rings. The second kappa shape index (κ2) is 7.11. The SMILES string of the molecule is COc1cc(C)c(S(=O)(=O)N[C@@H](CC(C)C)C(=O)O)cc1C. The summed E-state index contributed by atoms with van der Waals surface area (Å²) in [4.78, 5) is 11.3. The fourth-order valence-electron chi connectivity index (χ4n) is 2.19. The summed E-state index contributed by atoms with van der Waals surface area (Å²) >= 11 is 0. The van der Waals surface area contributed by atoms with Crippen LogP contribution >= 0.6 is 0 Å². The Bertz CT molecular complexity index is 652. The van der Waals surface area contributed by atoms with E-state index in [1.807, 2.05) is 13.8 Å². The molecule has 0 saturated carbocycles. The van der Waals surface area contributed by atoms with E-state index in [-0.39, 0.29) is 17.2 Å². The number of benzene rings is 1. The van der Waals surface area contributed by atoms with Crippen molar-refractivity contribution >= 4 is 16.0 Å². The summed E-state index contributed by atoms with van der Waals surface area (Å²) in [6.07, 6.45) is 0.225. The van der Waals surface area contributed by atoms with E-state index in [4.69, 9.17) is 4.74 Å². The smallest absolute Gasteiger partial charge is 0.321 e. The summed E-state index contributed by atoms with van der Waals surface area (Å²) in [5.41, 5.74) is 1.17. The summed E-state index contributed by atoms with van der Waals surface area (Å²) in [6, 6.07) is 1.97. The molecule has 0 unspecified atom stereocenters. The first-order valence-corrected chi connectivity index (χ1v) is 8.47. The van der Waals surface area contributed by atoms with Crippen LogP contribution in [0, 0.1) is 19.8 Å². The standard InChI is InChI=1S/C15H23NO5S/c1-9(2)6-12(15(17)18)16-22(19,20)14-8-10(3)13(21-5)7-11(14)4/h7-9,12,16H,6H2,1-5H3,(H,17,18)/t12-/m0/s1. The molecule has 0 fully saturated rings. The van der Waals surface area contributed by atoms with E-state index >= 15 is 0 Å². The molecule has 0 amide bonds. The maximum absolute atomic E-state index is 12.5. The second-order valence-corrected chi connectivity index (χ2v) is 7.41. The lowest BCUT2D eigenvalue weighted by Crippen LogP contribution is -2.41. The highest BCUT2D eigenvalue weighted by molar-refractivity contribution is 7.89. The summed E-state index contributed by atoms with van der Waals surface area (Å²) in [5, 5.41) is 9.19. The fourth-order valence-corrected chi connectivity index (χ4v) is 3.71. The fraction of sp³-hybridized carbons (Fsp3) is 0.533. The molecule has 0 aliphatic carbocycles. The van der Waals surface area contributed by atoms with Gasteiger partial charge in [-0.3, -0.25) is 4.79 Å². The van der Waals surface area contributed by atoms with Crippen molar-refractivity contribution in [3.63, 3.8) is 0 Å². The molecule has 1 aromatic carbocycles. The van der Waals surface area contributed by atoms with Gasteiger partial charge in [0.15, 0.2) is 0 Å². The third kappa shape index (κ3) is 4.45. The number of rotatable bonds is 7. The number of aliphatic carboxylic acids is 1. The van der Waals surface area contributed by atoms with E-state index in [1.165, 1.54) is 13.2 Å².